The van der Waals surface area contributed by atoms with E-state index < -0.39 is 0 Å². The molecule has 0 unspecified atom stereocenters. The quantitative estimate of drug-likeness (QED) is 0.659. The lowest BCUT2D eigenvalue weighted by Gasteiger charge is -2.04. The van der Waals surface area contributed by atoms with Gasteiger partial charge in [0, 0.05) is 11.3 Å². The van der Waals surface area contributed by atoms with Crippen molar-refractivity contribution in [3.8, 4) is 0 Å². The Morgan fingerprint density at radius 1 is 1.00 bits per heavy atom. The van der Waals surface area contributed by atoms with Gasteiger partial charge in [0.1, 0.15) is 0 Å². The first-order valence-electron chi connectivity index (χ1n) is 8.64. The Labute approximate surface area is 157 Å². The van der Waals surface area contributed by atoms with Crippen LogP contribution >= 0.6 is 11.8 Å². The zero-order chi connectivity index (χ0) is 17.9. The van der Waals surface area contributed by atoms with Gasteiger partial charge in [0.05, 0.1) is 0 Å². The van der Waals surface area contributed by atoms with Crippen molar-refractivity contribution < 1.29 is 0 Å². The molecule has 1 aliphatic rings. The van der Waals surface area contributed by atoms with Crippen molar-refractivity contribution >= 4 is 29.0 Å². The Hall–Kier alpha value is -2.66. The van der Waals surface area contributed by atoms with Gasteiger partial charge in [-0.2, -0.15) is 5.21 Å². The first kappa shape index (κ1) is 16.8. The van der Waals surface area contributed by atoms with E-state index in [0.717, 1.165) is 18.7 Å². The molecule has 0 atom stereocenters. The van der Waals surface area contributed by atoms with E-state index in [4.69, 9.17) is 0 Å². The topological polar surface area (TPSA) is 54.5 Å². The summed E-state index contributed by atoms with van der Waals surface area (Å²) in [5.41, 5.74) is 7.87. The van der Waals surface area contributed by atoms with E-state index in [1.54, 1.807) is 11.8 Å². The Kier molecular flexibility index (Phi) is 4.71. The van der Waals surface area contributed by atoms with Crippen LogP contribution in [-0.4, -0.2) is 26.9 Å². The maximum atomic E-state index is 4.07. The normalized spacial score (nSPS) is 14.9. The molecule has 1 heterocycles. The highest BCUT2D eigenvalue weighted by atomic mass is 32.2. The molecule has 4 rings (SSSR count). The molecule has 2 aromatic carbocycles. The fraction of sp³-hybridized carbons (Fsp3) is 0.190. The van der Waals surface area contributed by atoms with Gasteiger partial charge >= 0.3 is 0 Å². The summed E-state index contributed by atoms with van der Waals surface area (Å²) in [6, 6.07) is 17.4. The SMILES string of the molecule is CSc1ccc(/C=C2/C(C)=C(CCc3nn[nH]n3)c3ccccc32)cc1. The summed E-state index contributed by atoms with van der Waals surface area (Å²) in [5.74, 6) is 0.757. The second-order valence-corrected chi connectivity index (χ2v) is 7.19. The summed E-state index contributed by atoms with van der Waals surface area (Å²) in [6.45, 7) is 2.22. The van der Waals surface area contributed by atoms with E-state index in [1.165, 1.54) is 38.3 Å². The van der Waals surface area contributed by atoms with E-state index >= 15 is 0 Å². The lowest BCUT2D eigenvalue weighted by Crippen LogP contribution is -1.92. The highest BCUT2D eigenvalue weighted by molar-refractivity contribution is 7.98. The van der Waals surface area contributed by atoms with Gasteiger partial charge in [0.25, 0.3) is 0 Å². The Morgan fingerprint density at radius 2 is 1.77 bits per heavy atom. The number of fused-ring (bicyclic) bond motifs is 1. The minimum Gasteiger partial charge on any atom is -0.177 e. The van der Waals surface area contributed by atoms with E-state index in [-0.39, 0.29) is 0 Å². The number of aromatic nitrogens is 4. The molecule has 0 amide bonds. The minimum absolute atomic E-state index is 0.757. The number of tetrazole rings is 1. The van der Waals surface area contributed by atoms with Crippen LogP contribution in [0.5, 0.6) is 0 Å². The zero-order valence-corrected chi connectivity index (χ0v) is 15.7. The maximum absolute atomic E-state index is 4.07. The van der Waals surface area contributed by atoms with Gasteiger partial charge in [-0.05, 0) is 71.2 Å². The molecule has 4 nitrogen and oxygen atoms in total. The number of thioether (sulfide) groups is 1. The van der Waals surface area contributed by atoms with Gasteiger partial charge in [-0.15, -0.1) is 22.0 Å². The summed E-state index contributed by atoms with van der Waals surface area (Å²) in [5, 5.41) is 14.3. The highest BCUT2D eigenvalue weighted by Crippen LogP contribution is 2.43. The van der Waals surface area contributed by atoms with Gasteiger partial charge < -0.3 is 0 Å². The number of H-pyrrole nitrogens is 1. The average Bonchev–Trinajstić information content (AvgIpc) is 3.28. The number of allylic oxidation sites excluding steroid dienone is 3. The van der Waals surface area contributed by atoms with Gasteiger partial charge in [-0.3, -0.25) is 0 Å². The lowest BCUT2D eigenvalue weighted by molar-refractivity contribution is 0.881. The molecule has 0 radical (unpaired) electrons. The Balaban J connectivity index is 1.70. The molecule has 0 saturated heterocycles. The molecule has 26 heavy (non-hydrogen) atoms. The van der Waals surface area contributed by atoms with Crippen LogP contribution < -0.4 is 0 Å². The fourth-order valence-electron chi connectivity index (χ4n) is 3.45. The van der Waals surface area contributed by atoms with Gasteiger partial charge in [-0.25, -0.2) is 0 Å². The van der Waals surface area contributed by atoms with E-state index in [2.05, 4.69) is 88.4 Å². The number of aromatic amines is 1. The third kappa shape index (κ3) is 3.22. The molecule has 0 fully saturated rings. The third-order valence-corrected chi connectivity index (χ3v) is 5.56. The lowest BCUT2D eigenvalue weighted by atomic mass is 10.0. The van der Waals surface area contributed by atoms with Crippen LogP contribution in [0.3, 0.4) is 0 Å². The second kappa shape index (κ2) is 7.30. The number of aryl methyl sites for hydroxylation is 1. The van der Waals surface area contributed by atoms with Crippen LogP contribution in [0.1, 0.15) is 35.9 Å². The van der Waals surface area contributed by atoms with Crippen LogP contribution in [0.4, 0.5) is 0 Å². The number of hydrogen-bond donors (Lipinski definition) is 1. The number of nitrogens with one attached hydrogen (secondary N) is 1. The van der Waals surface area contributed by atoms with Gasteiger partial charge in [-0.1, -0.05) is 41.6 Å². The van der Waals surface area contributed by atoms with Crippen LogP contribution in [0, 0.1) is 0 Å². The molecule has 0 saturated carbocycles. The van der Waals surface area contributed by atoms with Crippen molar-refractivity contribution in [1.82, 2.24) is 20.6 Å². The van der Waals surface area contributed by atoms with Crippen molar-refractivity contribution in [1.29, 1.82) is 0 Å². The molecule has 1 N–H and O–H groups in total. The molecule has 0 bridgehead atoms. The summed E-state index contributed by atoms with van der Waals surface area (Å²) >= 11 is 1.77. The number of hydrogen-bond acceptors (Lipinski definition) is 4. The molecule has 1 aromatic heterocycles. The standard InChI is InChI=1S/C21H20N4S/c1-14-17(11-12-21-22-24-25-23-21)18-5-3-4-6-19(18)20(14)13-15-7-9-16(26-2)10-8-15/h3-10,13H,11-12H2,1-2H3,(H,22,23,24,25)/b20-13-. The molecule has 5 heteroatoms. The molecular weight excluding hydrogens is 340 g/mol. The van der Waals surface area contributed by atoms with Crippen molar-refractivity contribution in [3.63, 3.8) is 0 Å². The molecule has 0 aliphatic heterocycles. The summed E-state index contributed by atoms with van der Waals surface area (Å²) in [4.78, 5) is 1.28. The van der Waals surface area contributed by atoms with Crippen molar-refractivity contribution in [2.45, 2.75) is 24.7 Å². The van der Waals surface area contributed by atoms with Crippen molar-refractivity contribution in [2.24, 2.45) is 0 Å². The van der Waals surface area contributed by atoms with E-state index in [9.17, 15) is 0 Å². The summed E-state index contributed by atoms with van der Waals surface area (Å²) < 4.78 is 0. The molecule has 0 spiro atoms. The molecule has 3 aromatic rings. The van der Waals surface area contributed by atoms with Gasteiger partial charge in [0.15, 0.2) is 5.82 Å². The van der Waals surface area contributed by atoms with Crippen molar-refractivity contribution in [3.05, 3.63) is 76.6 Å². The first-order valence-corrected chi connectivity index (χ1v) is 9.86. The molecule has 1 aliphatic carbocycles. The predicted molar refractivity (Wildman–Crippen MR) is 108 cm³/mol. The largest absolute Gasteiger partial charge is 0.177 e. The monoisotopic (exact) mass is 360 g/mol. The Morgan fingerprint density at radius 3 is 2.46 bits per heavy atom. The van der Waals surface area contributed by atoms with E-state index in [1.807, 2.05) is 0 Å². The van der Waals surface area contributed by atoms with Crippen LogP contribution in [0.15, 0.2) is 59.0 Å². The molecular formula is C21H20N4S. The number of rotatable bonds is 5. The van der Waals surface area contributed by atoms with E-state index in [0.29, 0.717) is 0 Å². The fourth-order valence-corrected chi connectivity index (χ4v) is 3.86. The smallest absolute Gasteiger partial charge is 0.174 e. The highest BCUT2D eigenvalue weighted by Gasteiger charge is 2.23. The van der Waals surface area contributed by atoms with Crippen LogP contribution in [0.2, 0.25) is 0 Å². The number of nitrogens with zero attached hydrogens (tertiary/aromatic N) is 3. The second-order valence-electron chi connectivity index (χ2n) is 6.31. The van der Waals surface area contributed by atoms with Crippen LogP contribution in [0.25, 0.3) is 17.2 Å². The average molecular weight is 360 g/mol. The minimum atomic E-state index is 0.757. The maximum Gasteiger partial charge on any atom is 0.174 e. The summed E-state index contributed by atoms with van der Waals surface area (Å²) in [6.07, 6.45) is 6.08. The molecule has 130 valence electrons. The summed E-state index contributed by atoms with van der Waals surface area (Å²) in [7, 11) is 0. The van der Waals surface area contributed by atoms with Crippen molar-refractivity contribution in [2.75, 3.05) is 6.26 Å². The van der Waals surface area contributed by atoms with Crippen LogP contribution in [-0.2, 0) is 6.42 Å². The zero-order valence-electron chi connectivity index (χ0n) is 14.9. The van der Waals surface area contributed by atoms with Gasteiger partial charge in [0.2, 0.25) is 0 Å². The number of benzene rings is 2. The third-order valence-electron chi connectivity index (χ3n) is 4.81. The Bertz CT molecular complexity index is 970. The first-order chi connectivity index (χ1) is 12.8. The predicted octanol–water partition coefficient (Wildman–Crippen LogP) is 4.88.